The Labute approximate surface area is 140 Å². The molecule has 5 atom stereocenters. The molecule has 5 nitrogen and oxygen atoms in total. The highest BCUT2D eigenvalue weighted by atomic mass is 16.2. The van der Waals surface area contributed by atoms with Gasteiger partial charge in [-0.15, -0.1) is 6.04 Å². The van der Waals surface area contributed by atoms with Crippen LogP contribution in [-0.2, 0) is 9.59 Å². The predicted molar refractivity (Wildman–Crippen MR) is 91.8 cm³/mol. The van der Waals surface area contributed by atoms with E-state index in [1.807, 2.05) is 0 Å². The molecule has 1 heterocycles. The monoisotopic (exact) mass is 322 g/mol. The quantitative estimate of drug-likeness (QED) is 0.816. The maximum atomic E-state index is 12.6. The maximum absolute atomic E-state index is 12.6. The molecule has 23 heavy (non-hydrogen) atoms. The topological polar surface area (TPSA) is 82.0 Å². The van der Waals surface area contributed by atoms with E-state index in [-0.39, 0.29) is 29.2 Å². The molecule has 2 fully saturated rings. The van der Waals surface area contributed by atoms with Gasteiger partial charge in [0.05, 0.1) is 5.41 Å². The lowest BCUT2D eigenvalue weighted by molar-refractivity contribution is -0.139. The number of hydrogen-bond acceptors (Lipinski definition) is 2. The van der Waals surface area contributed by atoms with Crippen molar-refractivity contribution in [3.05, 3.63) is 5.73 Å². The van der Waals surface area contributed by atoms with Crippen molar-refractivity contribution in [1.29, 1.82) is 0 Å². The Balaban J connectivity index is 2.15. The third-order valence-electron chi connectivity index (χ3n) is 6.46. The standard InChI is InChI=1S/C18H32N3O2/c1-5-12(3)10-20-15(22)13-7-14(19)9-18(8-13)16(23)21-11-17(18,4)6-2/h12-14,19H,5-11H2,1-4H3,(H,20,22)(H,21,23)/q-1. The number of amides is 2. The van der Waals surface area contributed by atoms with E-state index in [1.54, 1.807) is 0 Å². The number of carbonyl (C=O) groups excluding carboxylic acids is 2. The second kappa shape index (κ2) is 6.80. The molecule has 5 heteroatoms. The molecular weight excluding hydrogens is 290 g/mol. The van der Waals surface area contributed by atoms with Gasteiger partial charge >= 0.3 is 0 Å². The largest absolute Gasteiger partial charge is 0.675 e. The number of rotatable bonds is 5. The van der Waals surface area contributed by atoms with Crippen LogP contribution in [0.25, 0.3) is 5.73 Å². The Bertz CT molecular complexity index is 467. The molecule has 0 radical (unpaired) electrons. The van der Waals surface area contributed by atoms with E-state index >= 15 is 0 Å². The summed E-state index contributed by atoms with van der Waals surface area (Å²) >= 11 is 0. The van der Waals surface area contributed by atoms with E-state index in [9.17, 15) is 9.59 Å². The molecule has 5 unspecified atom stereocenters. The number of hydrogen-bond donors (Lipinski definition) is 2. The molecule has 132 valence electrons. The van der Waals surface area contributed by atoms with Crippen LogP contribution in [0.5, 0.6) is 0 Å². The zero-order valence-corrected chi connectivity index (χ0v) is 15.0. The molecule has 2 rings (SSSR count). The first-order valence-electron chi connectivity index (χ1n) is 9.05. The molecule has 2 amide bonds. The minimum absolute atomic E-state index is 0.0276. The molecule has 1 aliphatic heterocycles. The highest BCUT2D eigenvalue weighted by Gasteiger charge is 2.59. The summed E-state index contributed by atoms with van der Waals surface area (Å²) in [4.78, 5) is 25.2. The average Bonchev–Trinajstić information content (AvgIpc) is 2.77. The Hall–Kier alpha value is -1.10. The molecule has 3 N–H and O–H groups in total. The molecule has 1 saturated carbocycles. The van der Waals surface area contributed by atoms with E-state index in [0.717, 1.165) is 12.8 Å². The summed E-state index contributed by atoms with van der Waals surface area (Å²) in [5, 5.41) is 6.04. The van der Waals surface area contributed by atoms with Crippen LogP contribution in [0, 0.1) is 22.7 Å². The average molecular weight is 322 g/mol. The van der Waals surface area contributed by atoms with Crippen molar-refractivity contribution in [1.82, 2.24) is 10.6 Å². The second-order valence-corrected chi connectivity index (χ2v) is 7.98. The van der Waals surface area contributed by atoms with Gasteiger partial charge in [-0.05, 0) is 24.2 Å². The number of carbonyl (C=O) groups is 2. The van der Waals surface area contributed by atoms with Crippen LogP contribution in [0.1, 0.15) is 59.8 Å². The summed E-state index contributed by atoms with van der Waals surface area (Å²) in [6, 6.07) is -0.335. The van der Waals surface area contributed by atoms with E-state index in [1.165, 1.54) is 0 Å². The van der Waals surface area contributed by atoms with Crippen LogP contribution in [-0.4, -0.2) is 30.9 Å². The maximum Gasteiger partial charge on any atom is 0.226 e. The van der Waals surface area contributed by atoms with Crippen molar-refractivity contribution in [3.63, 3.8) is 0 Å². The fraction of sp³-hybridized carbons (Fsp3) is 0.889. The second-order valence-electron chi connectivity index (χ2n) is 7.98. The summed E-state index contributed by atoms with van der Waals surface area (Å²) < 4.78 is 0. The van der Waals surface area contributed by atoms with Crippen molar-refractivity contribution in [3.8, 4) is 0 Å². The van der Waals surface area contributed by atoms with Gasteiger partial charge in [0, 0.05) is 19.0 Å². The van der Waals surface area contributed by atoms with Crippen LogP contribution in [0.3, 0.4) is 0 Å². The summed E-state index contributed by atoms with van der Waals surface area (Å²) in [6.45, 7) is 9.82. The van der Waals surface area contributed by atoms with Gasteiger partial charge in [-0.2, -0.15) is 0 Å². The van der Waals surface area contributed by atoms with Crippen LogP contribution in [0.2, 0.25) is 0 Å². The lowest BCUT2D eigenvalue weighted by atomic mass is 9.55. The summed E-state index contributed by atoms with van der Waals surface area (Å²) in [5.74, 6) is 0.322. The van der Waals surface area contributed by atoms with E-state index in [0.29, 0.717) is 38.3 Å². The summed E-state index contributed by atoms with van der Waals surface area (Å²) in [7, 11) is 0. The normalized spacial score (nSPS) is 38.4. The first-order valence-corrected chi connectivity index (χ1v) is 9.05. The molecule has 0 aromatic rings. The molecule has 0 aromatic heterocycles. The van der Waals surface area contributed by atoms with Gasteiger partial charge in [-0.25, -0.2) is 0 Å². The lowest BCUT2D eigenvalue weighted by Gasteiger charge is -2.49. The zero-order chi connectivity index (χ0) is 17.3. The highest BCUT2D eigenvalue weighted by Crippen LogP contribution is 2.56. The molecule has 1 saturated heterocycles. The molecule has 0 aromatic carbocycles. The van der Waals surface area contributed by atoms with E-state index < -0.39 is 5.41 Å². The molecule has 0 bridgehead atoms. The van der Waals surface area contributed by atoms with Crippen LogP contribution < -0.4 is 10.6 Å². The minimum atomic E-state index is -0.551. The van der Waals surface area contributed by atoms with Gasteiger partial charge in [0.2, 0.25) is 11.8 Å². The van der Waals surface area contributed by atoms with Gasteiger partial charge < -0.3 is 16.4 Å². The van der Waals surface area contributed by atoms with Gasteiger partial charge in [0.1, 0.15) is 0 Å². The van der Waals surface area contributed by atoms with Crippen LogP contribution in [0.4, 0.5) is 0 Å². The highest BCUT2D eigenvalue weighted by molar-refractivity contribution is 5.88. The van der Waals surface area contributed by atoms with Crippen molar-refractivity contribution in [2.45, 2.75) is 65.8 Å². The first kappa shape index (κ1) is 18.2. The minimum Gasteiger partial charge on any atom is -0.675 e. The van der Waals surface area contributed by atoms with Crippen molar-refractivity contribution < 1.29 is 9.59 Å². The smallest absolute Gasteiger partial charge is 0.226 e. The Morgan fingerprint density at radius 2 is 2.13 bits per heavy atom. The van der Waals surface area contributed by atoms with Crippen molar-refractivity contribution >= 4 is 11.8 Å². The summed E-state index contributed by atoms with van der Waals surface area (Å²) in [6.07, 6.45) is 3.66. The SMILES string of the molecule is CCC(C)CNC(=O)C1CC([NH-])CC2(C1)C(=O)NCC2(C)CC. The third kappa shape index (κ3) is 3.25. The molecular formula is C18H32N3O2-. The molecule has 1 aliphatic carbocycles. The Kier molecular flexibility index (Phi) is 5.39. The number of nitrogens with one attached hydrogen (secondary N) is 3. The van der Waals surface area contributed by atoms with Gasteiger partial charge in [0.25, 0.3) is 0 Å². The van der Waals surface area contributed by atoms with Gasteiger partial charge in [0.15, 0.2) is 0 Å². The van der Waals surface area contributed by atoms with E-state index in [4.69, 9.17) is 5.73 Å². The van der Waals surface area contributed by atoms with Gasteiger partial charge in [-0.1, -0.05) is 47.0 Å². The van der Waals surface area contributed by atoms with Crippen LogP contribution >= 0.6 is 0 Å². The zero-order valence-electron chi connectivity index (χ0n) is 15.0. The van der Waals surface area contributed by atoms with Crippen molar-refractivity contribution in [2.75, 3.05) is 13.1 Å². The van der Waals surface area contributed by atoms with Gasteiger partial charge in [-0.3, -0.25) is 9.59 Å². The predicted octanol–water partition coefficient (Wildman–Crippen LogP) is 2.90. The fourth-order valence-corrected chi connectivity index (χ4v) is 4.23. The third-order valence-corrected chi connectivity index (χ3v) is 6.46. The van der Waals surface area contributed by atoms with Crippen molar-refractivity contribution in [2.24, 2.45) is 22.7 Å². The van der Waals surface area contributed by atoms with E-state index in [2.05, 4.69) is 38.3 Å². The lowest BCUT2D eigenvalue weighted by Crippen LogP contribution is -2.51. The Morgan fingerprint density at radius 1 is 1.43 bits per heavy atom. The first-order chi connectivity index (χ1) is 10.8. The Morgan fingerprint density at radius 3 is 2.74 bits per heavy atom. The van der Waals surface area contributed by atoms with Crippen LogP contribution in [0.15, 0.2) is 0 Å². The molecule has 1 spiro atoms. The summed E-state index contributed by atoms with van der Waals surface area (Å²) in [5.41, 5.74) is 7.62. The fourth-order valence-electron chi connectivity index (χ4n) is 4.23. The molecule has 2 aliphatic rings.